The highest BCUT2D eigenvalue weighted by Gasteiger charge is 2.03. The van der Waals surface area contributed by atoms with Gasteiger partial charge in [0, 0.05) is 32.9 Å². The number of ether oxygens (including phenoxy) is 1. The average molecular weight is 298 g/mol. The van der Waals surface area contributed by atoms with Crippen LogP contribution in [-0.4, -0.2) is 29.8 Å². The summed E-state index contributed by atoms with van der Waals surface area (Å²) in [5.41, 5.74) is 1.89. The monoisotopic (exact) mass is 297 g/mol. The molecule has 0 spiro atoms. The Morgan fingerprint density at radius 3 is 3.05 bits per heavy atom. The smallest absolute Gasteiger partial charge is 0.141 e. The van der Waals surface area contributed by atoms with Crippen LogP contribution in [0.3, 0.4) is 0 Å². The fraction of sp³-hybridized carbons (Fsp3) is 0.357. The van der Waals surface area contributed by atoms with Crippen molar-refractivity contribution >= 4 is 11.6 Å². The van der Waals surface area contributed by atoms with Gasteiger partial charge in [0.25, 0.3) is 0 Å². The van der Waals surface area contributed by atoms with Crippen LogP contribution in [0.15, 0.2) is 30.7 Å². The van der Waals surface area contributed by atoms with Gasteiger partial charge in [-0.25, -0.2) is 9.37 Å². The van der Waals surface area contributed by atoms with Gasteiger partial charge in [-0.3, -0.25) is 0 Å². The van der Waals surface area contributed by atoms with Crippen molar-refractivity contribution < 1.29 is 9.13 Å². The van der Waals surface area contributed by atoms with E-state index >= 15 is 0 Å². The van der Waals surface area contributed by atoms with E-state index in [1.807, 2.05) is 10.8 Å². The summed E-state index contributed by atoms with van der Waals surface area (Å²) in [7, 11) is 1.67. The molecule has 0 bridgehead atoms. The Balaban J connectivity index is 1.90. The van der Waals surface area contributed by atoms with E-state index < -0.39 is 5.82 Å². The van der Waals surface area contributed by atoms with Crippen LogP contribution < -0.4 is 5.32 Å². The van der Waals surface area contributed by atoms with Crippen LogP contribution in [0.2, 0.25) is 5.02 Å². The maximum absolute atomic E-state index is 13.1. The van der Waals surface area contributed by atoms with Gasteiger partial charge in [-0.2, -0.15) is 0 Å². The zero-order chi connectivity index (χ0) is 14.4. The SMILES string of the molecule is COCCNCc1cn(Cc2ccc(F)c(Cl)c2)cn1. The van der Waals surface area contributed by atoms with Gasteiger partial charge >= 0.3 is 0 Å². The largest absolute Gasteiger partial charge is 0.383 e. The molecule has 108 valence electrons. The second-order valence-corrected chi connectivity index (χ2v) is 4.86. The molecule has 0 amide bonds. The van der Waals surface area contributed by atoms with E-state index in [4.69, 9.17) is 16.3 Å². The van der Waals surface area contributed by atoms with Gasteiger partial charge in [-0.05, 0) is 17.7 Å². The van der Waals surface area contributed by atoms with E-state index in [9.17, 15) is 4.39 Å². The van der Waals surface area contributed by atoms with Gasteiger partial charge < -0.3 is 14.6 Å². The van der Waals surface area contributed by atoms with Crippen LogP contribution in [0.4, 0.5) is 4.39 Å². The highest BCUT2D eigenvalue weighted by molar-refractivity contribution is 6.30. The lowest BCUT2D eigenvalue weighted by molar-refractivity contribution is 0.199. The summed E-state index contributed by atoms with van der Waals surface area (Å²) >= 11 is 5.76. The van der Waals surface area contributed by atoms with Crippen LogP contribution >= 0.6 is 11.6 Å². The van der Waals surface area contributed by atoms with E-state index in [0.29, 0.717) is 19.7 Å². The molecular formula is C14H17ClFN3O. The maximum Gasteiger partial charge on any atom is 0.141 e. The molecule has 0 unspecified atom stereocenters. The number of benzene rings is 1. The van der Waals surface area contributed by atoms with E-state index in [0.717, 1.165) is 17.8 Å². The Labute approximate surface area is 122 Å². The molecule has 0 atom stereocenters. The lowest BCUT2D eigenvalue weighted by Gasteiger charge is -2.04. The summed E-state index contributed by atoms with van der Waals surface area (Å²) in [5.74, 6) is -0.399. The number of halogens is 2. The normalized spacial score (nSPS) is 10.9. The van der Waals surface area contributed by atoms with E-state index in [2.05, 4.69) is 10.3 Å². The number of nitrogens with one attached hydrogen (secondary N) is 1. The third-order valence-electron chi connectivity index (χ3n) is 2.82. The molecule has 1 aromatic carbocycles. The van der Waals surface area contributed by atoms with Crippen molar-refractivity contribution in [3.63, 3.8) is 0 Å². The summed E-state index contributed by atoms with van der Waals surface area (Å²) in [6, 6.07) is 4.73. The Bertz CT molecular complexity index is 559. The minimum atomic E-state index is -0.399. The van der Waals surface area contributed by atoms with Crippen LogP contribution in [-0.2, 0) is 17.8 Å². The van der Waals surface area contributed by atoms with Crippen molar-refractivity contribution in [2.75, 3.05) is 20.3 Å². The summed E-state index contributed by atoms with van der Waals surface area (Å²) in [5, 5.41) is 3.37. The molecule has 2 aromatic rings. The van der Waals surface area contributed by atoms with Gasteiger partial charge in [-0.1, -0.05) is 17.7 Å². The van der Waals surface area contributed by atoms with Crippen LogP contribution in [0.5, 0.6) is 0 Å². The van der Waals surface area contributed by atoms with Crippen molar-refractivity contribution in [3.05, 3.63) is 52.8 Å². The number of hydrogen-bond donors (Lipinski definition) is 1. The molecule has 20 heavy (non-hydrogen) atoms. The first-order valence-electron chi connectivity index (χ1n) is 6.33. The minimum absolute atomic E-state index is 0.143. The van der Waals surface area contributed by atoms with Gasteiger partial charge in [0.15, 0.2) is 0 Å². The van der Waals surface area contributed by atoms with Crippen LogP contribution in [0, 0.1) is 5.82 Å². The maximum atomic E-state index is 13.1. The summed E-state index contributed by atoms with van der Waals surface area (Å²) < 4.78 is 20.0. The average Bonchev–Trinajstić information content (AvgIpc) is 2.87. The Kier molecular flexibility index (Phi) is 5.52. The Hall–Kier alpha value is -1.43. The topological polar surface area (TPSA) is 39.1 Å². The standard InChI is InChI=1S/C14H17ClFN3O/c1-20-5-4-17-7-12-9-19(10-18-12)8-11-2-3-14(16)13(15)6-11/h2-3,6,9-10,17H,4-5,7-8H2,1H3. The highest BCUT2D eigenvalue weighted by Crippen LogP contribution is 2.16. The lowest BCUT2D eigenvalue weighted by atomic mass is 10.2. The molecule has 0 fully saturated rings. The van der Waals surface area contributed by atoms with Crippen molar-refractivity contribution in [2.45, 2.75) is 13.1 Å². The first-order valence-corrected chi connectivity index (χ1v) is 6.71. The number of imidazole rings is 1. The molecule has 0 radical (unpaired) electrons. The first kappa shape index (κ1) is 15.0. The molecule has 6 heteroatoms. The third kappa shape index (κ3) is 4.30. The molecule has 1 aromatic heterocycles. The molecule has 4 nitrogen and oxygen atoms in total. The summed E-state index contributed by atoms with van der Waals surface area (Å²) in [6.45, 7) is 2.78. The fourth-order valence-electron chi connectivity index (χ4n) is 1.82. The molecule has 0 saturated carbocycles. The van der Waals surface area contributed by atoms with Gasteiger partial charge in [-0.15, -0.1) is 0 Å². The van der Waals surface area contributed by atoms with Gasteiger partial charge in [0.05, 0.1) is 23.7 Å². The zero-order valence-electron chi connectivity index (χ0n) is 11.3. The van der Waals surface area contributed by atoms with Gasteiger partial charge in [0.2, 0.25) is 0 Å². The Morgan fingerprint density at radius 1 is 1.45 bits per heavy atom. The van der Waals surface area contributed by atoms with E-state index in [-0.39, 0.29) is 5.02 Å². The number of methoxy groups -OCH3 is 1. The van der Waals surface area contributed by atoms with Gasteiger partial charge in [0.1, 0.15) is 5.82 Å². The second kappa shape index (κ2) is 7.38. The molecular weight excluding hydrogens is 281 g/mol. The molecule has 0 aliphatic carbocycles. The minimum Gasteiger partial charge on any atom is -0.383 e. The number of rotatable bonds is 7. The predicted molar refractivity (Wildman–Crippen MR) is 76.3 cm³/mol. The molecule has 0 saturated heterocycles. The Morgan fingerprint density at radius 2 is 2.30 bits per heavy atom. The zero-order valence-corrected chi connectivity index (χ0v) is 12.0. The quantitative estimate of drug-likeness (QED) is 0.798. The molecule has 1 heterocycles. The lowest BCUT2D eigenvalue weighted by Crippen LogP contribution is -2.18. The van der Waals surface area contributed by atoms with Crippen molar-refractivity contribution in [3.8, 4) is 0 Å². The molecule has 0 aliphatic heterocycles. The fourth-order valence-corrected chi connectivity index (χ4v) is 2.03. The van der Waals surface area contributed by atoms with Crippen molar-refractivity contribution in [1.82, 2.24) is 14.9 Å². The molecule has 1 N–H and O–H groups in total. The highest BCUT2D eigenvalue weighted by atomic mass is 35.5. The van der Waals surface area contributed by atoms with E-state index in [1.165, 1.54) is 6.07 Å². The molecule has 0 aliphatic rings. The van der Waals surface area contributed by atoms with Crippen LogP contribution in [0.25, 0.3) is 0 Å². The summed E-state index contributed by atoms with van der Waals surface area (Å²) in [4.78, 5) is 4.30. The second-order valence-electron chi connectivity index (χ2n) is 4.46. The first-order chi connectivity index (χ1) is 9.69. The number of aromatic nitrogens is 2. The van der Waals surface area contributed by atoms with E-state index in [1.54, 1.807) is 25.6 Å². The molecule has 2 rings (SSSR count). The van der Waals surface area contributed by atoms with Crippen LogP contribution in [0.1, 0.15) is 11.3 Å². The predicted octanol–water partition coefficient (Wildman–Crippen LogP) is 2.46. The third-order valence-corrected chi connectivity index (χ3v) is 3.11. The van der Waals surface area contributed by atoms with Crippen molar-refractivity contribution in [2.24, 2.45) is 0 Å². The number of hydrogen-bond acceptors (Lipinski definition) is 3. The van der Waals surface area contributed by atoms with Crippen molar-refractivity contribution in [1.29, 1.82) is 0 Å². The number of nitrogens with zero attached hydrogens (tertiary/aromatic N) is 2. The summed E-state index contributed by atoms with van der Waals surface area (Å²) in [6.07, 6.45) is 3.71.